The number of methoxy groups -OCH3 is 1. The van der Waals surface area contributed by atoms with Gasteiger partial charge in [0.25, 0.3) is 0 Å². The summed E-state index contributed by atoms with van der Waals surface area (Å²) in [6.07, 6.45) is 0.344. The van der Waals surface area contributed by atoms with Crippen molar-refractivity contribution in [3.63, 3.8) is 0 Å². The van der Waals surface area contributed by atoms with Crippen molar-refractivity contribution in [3.05, 3.63) is 59.7 Å². The molecule has 0 spiro atoms. The fourth-order valence-corrected chi connectivity index (χ4v) is 2.19. The molecule has 0 heterocycles. The molecular formula is C17H20N2O2. The summed E-state index contributed by atoms with van der Waals surface area (Å²) in [6.45, 7) is 0.519. The molecule has 0 atom stereocenters. The van der Waals surface area contributed by atoms with Crippen molar-refractivity contribution in [1.82, 2.24) is 4.90 Å². The van der Waals surface area contributed by atoms with E-state index >= 15 is 0 Å². The number of carbonyl (C=O) groups is 1. The van der Waals surface area contributed by atoms with Crippen LogP contribution in [0.5, 0.6) is 5.75 Å². The maximum Gasteiger partial charge on any atom is 0.227 e. The molecule has 4 heteroatoms. The highest BCUT2D eigenvalue weighted by Gasteiger charge is 2.12. The Morgan fingerprint density at radius 1 is 1.19 bits per heavy atom. The first kappa shape index (κ1) is 14.9. The Kier molecular flexibility index (Phi) is 4.82. The van der Waals surface area contributed by atoms with Crippen molar-refractivity contribution in [1.29, 1.82) is 0 Å². The van der Waals surface area contributed by atoms with Gasteiger partial charge >= 0.3 is 0 Å². The number of ether oxygens (including phenoxy) is 1. The largest absolute Gasteiger partial charge is 0.496 e. The van der Waals surface area contributed by atoms with Crippen LogP contribution < -0.4 is 10.5 Å². The second-order valence-corrected chi connectivity index (χ2v) is 4.98. The van der Waals surface area contributed by atoms with E-state index in [9.17, 15) is 4.79 Å². The van der Waals surface area contributed by atoms with Crippen molar-refractivity contribution in [3.8, 4) is 5.75 Å². The molecule has 0 unspecified atom stereocenters. The van der Waals surface area contributed by atoms with Gasteiger partial charge in [-0.3, -0.25) is 4.79 Å². The summed E-state index contributed by atoms with van der Waals surface area (Å²) >= 11 is 0. The Balaban J connectivity index is 2.02. The molecule has 0 aliphatic heterocycles. The van der Waals surface area contributed by atoms with Crippen molar-refractivity contribution < 1.29 is 9.53 Å². The second kappa shape index (κ2) is 6.79. The van der Waals surface area contributed by atoms with Crippen LogP contribution in [0, 0.1) is 0 Å². The summed E-state index contributed by atoms with van der Waals surface area (Å²) in [5, 5.41) is 0. The van der Waals surface area contributed by atoms with Gasteiger partial charge in [-0.05, 0) is 23.8 Å². The molecule has 0 radical (unpaired) electrons. The average Bonchev–Trinajstić information content (AvgIpc) is 2.47. The van der Waals surface area contributed by atoms with E-state index in [1.165, 1.54) is 0 Å². The Hall–Kier alpha value is -2.49. The number of nitrogen functional groups attached to an aromatic ring is 1. The molecule has 21 heavy (non-hydrogen) atoms. The molecule has 4 nitrogen and oxygen atoms in total. The van der Waals surface area contributed by atoms with Crippen LogP contribution in [-0.4, -0.2) is 25.0 Å². The number of rotatable bonds is 5. The Labute approximate surface area is 125 Å². The molecule has 0 aromatic heterocycles. The molecule has 2 rings (SSSR count). The SMILES string of the molecule is COc1ccccc1CN(C)C(=O)Cc1cccc(N)c1. The number of carbonyl (C=O) groups excluding carboxylic acids is 1. The molecule has 0 aliphatic rings. The van der Waals surface area contributed by atoms with E-state index in [4.69, 9.17) is 10.5 Å². The summed E-state index contributed by atoms with van der Waals surface area (Å²) in [5.41, 5.74) is 8.32. The third-order valence-corrected chi connectivity index (χ3v) is 3.33. The van der Waals surface area contributed by atoms with Crippen LogP contribution >= 0.6 is 0 Å². The zero-order valence-electron chi connectivity index (χ0n) is 12.4. The van der Waals surface area contributed by atoms with Crippen LogP contribution in [0.15, 0.2) is 48.5 Å². The minimum absolute atomic E-state index is 0.0477. The van der Waals surface area contributed by atoms with E-state index in [0.29, 0.717) is 18.7 Å². The van der Waals surface area contributed by atoms with Gasteiger partial charge in [-0.2, -0.15) is 0 Å². The first-order valence-electron chi connectivity index (χ1n) is 6.80. The van der Waals surface area contributed by atoms with Gasteiger partial charge < -0.3 is 15.4 Å². The number of hydrogen-bond donors (Lipinski definition) is 1. The second-order valence-electron chi connectivity index (χ2n) is 4.98. The molecule has 0 fully saturated rings. The molecule has 110 valence electrons. The summed E-state index contributed by atoms with van der Waals surface area (Å²) in [6, 6.07) is 15.1. The average molecular weight is 284 g/mol. The van der Waals surface area contributed by atoms with Crippen LogP contribution in [0.4, 0.5) is 5.69 Å². The standard InChI is InChI=1S/C17H20N2O2/c1-19(12-14-7-3-4-9-16(14)21-2)17(20)11-13-6-5-8-15(18)10-13/h3-10H,11-12,18H2,1-2H3. The van der Waals surface area contributed by atoms with Crippen LogP contribution in [-0.2, 0) is 17.8 Å². The maximum atomic E-state index is 12.3. The van der Waals surface area contributed by atoms with Crippen molar-refractivity contribution in [2.45, 2.75) is 13.0 Å². The molecule has 0 saturated heterocycles. The highest BCUT2D eigenvalue weighted by molar-refractivity contribution is 5.78. The molecule has 2 aromatic rings. The smallest absolute Gasteiger partial charge is 0.227 e. The number of para-hydroxylation sites is 1. The maximum absolute atomic E-state index is 12.3. The van der Waals surface area contributed by atoms with Gasteiger partial charge in [0.05, 0.1) is 13.5 Å². The minimum Gasteiger partial charge on any atom is -0.496 e. The van der Waals surface area contributed by atoms with Crippen LogP contribution in [0.1, 0.15) is 11.1 Å². The lowest BCUT2D eigenvalue weighted by atomic mass is 10.1. The number of amides is 1. The van der Waals surface area contributed by atoms with E-state index in [0.717, 1.165) is 16.9 Å². The van der Waals surface area contributed by atoms with Crippen LogP contribution in [0.3, 0.4) is 0 Å². The van der Waals surface area contributed by atoms with Gasteiger partial charge in [-0.1, -0.05) is 30.3 Å². The van der Waals surface area contributed by atoms with E-state index < -0.39 is 0 Å². The summed E-state index contributed by atoms with van der Waals surface area (Å²) in [5.74, 6) is 0.840. The van der Waals surface area contributed by atoms with Gasteiger partial charge in [-0.25, -0.2) is 0 Å². The molecular weight excluding hydrogens is 264 g/mol. The van der Waals surface area contributed by atoms with E-state index in [1.807, 2.05) is 48.5 Å². The predicted octanol–water partition coefficient (Wildman–Crippen LogP) is 2.48. The number of benzene rings is 2. The zero-order valence-corrected chi connectivity index (χ0v) is 12.4. The summed E-state index contributed by atoms with van der Waals surface area (Å²) in [4.78, 5) is 14.0. The molecule has 0 aliphatic carbocycles. The molecule has 1 amide bonds. The monoisotopic (exact) mass is 284 g/mol. The minimum atomic E-state index is 0.0477. The number of likely N-dealkylation sites (N-methyl/N-ethyl adjacent to an activating group) is 1. The van der Waals surface area contributed by atoms with Crippen molar-refractivity contribution >= 4 is 11.6 Å². The number of nitrogens with zero attached hydrogens (tertiary/aromatic N) is 1. The molecule has 2 N–H and O–H groups in total. The van der Waals surface area contributed by atoms with Gasteiger partial charge in [0.15, 0.2) is 0 Å². The van der Waals surface area contributed by atoms with Crippen molar-refractivity contribution in [2.75, 3.05) is 19.9 Å². The third-order valence-electron chi connectivity index (χ3n) is 3.33. The highest BCUT2D eigenvalue weighted by Crippen LogP contribution is 2.19. The van der Waals surface area contributed by atoms with Crippen molar-refractivity contribution in [2.24, 2.45) is 0 Å². The van der Waals surface area contributed by atoms with Gasteiger partial charge in [0.1, 0.15) is 5.75 Å². The quantitative estimate of drug-likeness (QED) is 0.858. The van der Waals surface area contributed by atoms with E-state index in [1.54, 1.807) is 19.1 Å². The third kappa shape index (κ3) is 3.99. The van der Waals surface area contributed by atoms with E-state index in [-0.39, 0.29) is 5.91 Å². The number of nitrogens with two attached hydrogens (primary N) is 1. The van der Waals surface area contributed by atoms with Gasteiger partial charge in [-0.15, -0.1) is 0 Å². The normalized spacial score (nSPS) is 10.2. The Morgan fingerprint density at radius 2 is 1.95 bits per heavy atom. The first-order chi connectivity index (χ1) is 10.1. The zero-order chi connectivity index (χ0) is 15.2. The lowest BCUT2D eigenvalue weighted by molar-refractivity contribution is -0.129. The summed E-state index contributed by atoms with van der Waals surface area (Å²) < 4.78 is 5.31. The number of anilines is 1. The van der Waals surface area contributed by atoms with E-state index in [2.05, 4.69) is 0 Å². The summed E-state index contributed by atoms with van der Waals surface area (Å²) in [7, 11) is 3.43. The van der Waals surface area contributed by atoms with Gasteiger partial charge in [0, 0.05) is 24.8 Å². The lowest BCUT2D eigenvalue weighted by Crippen LogP contribution is -2.27. The molecule has 0 saturated carbocycles. The highest BCUT2D eigenvalue weighted by atomic mass is 16.5. The Morgan fingerprint density at radius 3 is 2.67 bits per heavy atom. The van der Waals surface area contributed by atoms with Crippen LogP contribution in [0.25, 0.3) is 0 Å². The fraction of sp³-hybridized carbons (Fsp3) is 0.235. The Bertz CT molecular complexity index is 626. The fourth-order valence-electron chi connectivity index (χ4n) is 2.19. The first-order valence-corrected chi connectivity index (χ1v) is 6.80. The predicted molar refractivity (Wildman–Crippen MR) is 84.0 cm³/mol. The lowest BCUT2D eigenvalue weighted by Gasteiger charge is -2.19. The topological polar surface area (TPSA) is 55.6 Å². The number of hydrogen-bond acceptors (Lipinski definition) is 3. The van der Waals surface area contributed by atoms with Gasteiger partial charge in [0.2, 0.25) is 5.91 Å². The van der Waals surface area contributed by atoms with Crippen LogP contribution in [0.2, 0.25) is 0 Å². The molecule has 2 aromatic carbocycles. The molecule has 0 bridgehead atoms.